The van der Waals surface area contributed by atoms with E-state index >= 15 is 0 Å². The maximum absolute atomic E-state index is 12.3. The minimum Gasteiger partial charge on any atom is -0.381 e. The molecule has 2 N–H and O–H groups in total. The van der Waals surface area contributed by atoms with E-state index in [9.17, 15) is 8.42 Å². The first kappa shape index (κ1) is 23.9. The van der Waals surface area contributed by atoms with E-state index in [0.717, 1.165) is 19.5 Å². The van der Waals surface area contributed by atoms with Crippen LogP contribution in [-0.4, -0.2) is 63.3 Å². The van der Waals surface area contributed by atoms with Gasteiger partial charge in [-0.1, -0.05) is 18.2 Å². The Morgan fingerprint density at radius 1 is 1.21 bits per heavy atom. The van der Waals surface area contributed by atoms with Crippen LogP contribution in [0.2, 0.25) is 0 Å². The van der Waals surface area contributed by atoms with Crippen molar-refractivity contribution in [3.63, 3.8) is 0 Å². The van der Waals surface area contributed by atoms with Gasteiger partial charge in [0.05, 0.1) is 4.75 Å². The van der Waals surface area contributed by atoms with Crippen molar-refractivity contribution in [1.29, 1.82) is 0 Å². The van der Waals surface area contributed by atoms with Crippen LogP contribution in [0, 0.1) is 0 Å². The van der Waals surface area contributed by atoms with Gasteiger partial charge in [-0.3, -0.25) is 4.99 Å². The molecule has 1 fully saturated rings. The number of hydrogen-bond donors (Lipinski definition) is 2. The number of nitrogens with one attached hydrogen (secondary N) is 2. The Bertz CT molecular complexity index is 921. The van der Waals surface area contributed by atoms with Crippen molar-refractivity contribution in [3.8, 4) is 0 Å². The van der Waals surface area contributed by atoms with E-state index in [2.05, 4.69) is 50.7 Å². The Morgan fingerprint density at radius 2 is 1.93 bits per heavy atom. The Labute approximate surface area is 190 Å². The summed E-state index contributed by atoms with van der Waals surface area (Å²) in [5.74, 6) is 0.631. The fourth-order valence-electron chi connectivity index (χ4n) is 3.68. The quantitative estimate of drug-likeness (QED) is 0.247. The molecule has 0 bridgehead atoms. The minimum atomic E-state index is -3.20. The summed E-state index contributed by atoms with van der Waals surface area (Å²) >= 11 is 0. The van der Waals surface area contributed by atoms with Gasteiger partial charge in [0.2, 0.25) is 0 Å². The van der Waals surface area contributed by atoms with Gasteiger partial charge < -0.3 is 19.9 Å². The second-order valence-electron chi connectivity index (χ2n) is 7.34. The van der Waals surface area contributed by atoms with Gasteiger partial charge >= 0.3 is 0 Å². The minimum absolute atomic E-state index is 0. The number of fused-ring (bicyclic) bond motifs is 1. The van der Waals surface area contributed by atoms with Crippen LogP contribution in [0.5, 0.6) is 0 Å². The fourth-order valence-corrected chi connectivity index (χ4v) is 4.92. The monoisotopic (exact) mass is 534 g/mol. The van der Waals surface area contributed by atoms with Crippen molar-refractivity contribution in [2.45, 2.75) is 30.6 Å². The summed E-state index contributed by atoms with van der Waals surface area (Å²) in [6.07, 6.45) is 5.38. The van der Waals surface area contributed by atoms with Gasteiger partial charge in [0.1, 0.15) is 0 Å². The van der Waals surface area contributed by atoms with E-state index in [0.29, 0.717) is 38.6 Å². The first-order chi connectivity index (χ1) is 13.5. The van der Waals surface area contributed by atoms with Crippen molar-refractivity contribution in [2.75, 3.05) is 39.6 Å². The highest BCUT2D eigenvalue weighted by molar-refractivity contribution is 14.0. The molecule has 1 aliphatic heterocycles. The summed E-state index contributed by atoms with van der Waals surface area (Å²) in [5.41, 5.74) is 1.24. The van der Waals surface area contributed by atoms with Crippen molar-refractivity contribution >= 4 is 50.7 Å². The zero-order valence-corrected chi connectivity index (χ0v) is 20.2. The highest BCUT2D eigenvalue weighted by Gasteiger charge is 2.42. The van der Waals surface area contributed by atoms with Crippen molar-refractivity contribution in [2.24, 2.45) is 4.99 Å². The number of aliphatic imine (C=N–C) groups is 1. The molecular formula is C20H31IN4O3S. The number of ether oxygens (including phenoxy) is 1. The number of halogens is 1. The molecule has 0 radical (unpaired) electrons. The predicted molar refractivity (Wildman–Crippen MR) is 129 cm³/mol. The first-order valence-corrected chi connectivity index (χ1v) is 11.6. The Kier molecular flexibility index (Phi) is 8.77. The van der Waals surface area contributed by atoms with Gasteiger partial charge in [-0.05, 0) is 36.8 Å². The molecule has 162 valence electrons. The molecule has 0 saturated carbocycles. The van der Waals surface area contributed by atoms with Gasteiger partial charge in [-0.25, -0.2) is 8.42 Å². The normalized spacial score (nSPS) is 17.0. The van der Waals surface area contributed by atoms with E-state index in [-0.39, 0.29) is 24.0 Å². The molecule has 0 unspecified atom stereocenters. The first-order valence-electron chi connectivity index (χ1n) is 9.71. The third-order valence-corrected chi connectivity index (χ3v) is 7.67. The van der Waals surface area contributed by atoms with Crippen LogP contribution in [-0.2, 0) is 21.1 Å². The van der Waals surface area contributed by atoms with Crippen molar-refractivity contribution in [1.82, 2.24) is 15.2 Å². The second kappa shape index (κ2) is 10.6. The number of rotatable bonds is 7. The maximum Gasteiger partial charge on any atom is 0.191 e. The number of aromatic nitrogens is 1. The third-order valence-electron chi connectivity index (χ3n) is 5.54. The number of benzene rings is 1. The molecule has 0 aliphatic carbocycles. The number of aryl methyl sites for hydroxylation is 1. The molecule has 7 nitrogen and oxygen atoms in total. The summed E-state index contributed by atoms with van der Waals surface area (Å²) in [5, 5.41) is 7.74. The van der Waals surface area contributed by atoms with Crippen LogP contribution in [0.15, 0.2) is 41.5 Å². The average Bonchev–Trinajstić information content (AvgIpc) is 3.10. The van der Waals surface area contributed by atoms with Gasteiger partial charge in [0.15, 0.2) is 15.8 Å². The molecule has 3 rings (SSSR count). The lowest BCUT2D eigenvalue weighted by Gasteiger charge is -2.35. The number of hydrogen-bond acceptors (Lipinski definition) is 4. The maximum atomic E-state index is 12.3. The molecule has 29 heavy (non-hydrogen) atoms. The second-order valence-corrected chi connectivity index (χ2v) is 9.75. The zero-order valence-electron chi connectivity index (χ0n) is 17.1. The number of guanidine groups is 1. The van der Waals surface area contributed by atoms with Crippen LogP contribution in [0.3, 0.4) is 0 Å². The van der Waals surface area contributed by atoms with Gasteiger partial charge in [0.25, 0.3) is 0 Å². The highest BCUT2D eigenvalue weighted by atomic mass is 127. The lowest BCUT2D eigenvalue weighted by atomic mass is 9.99. The Hall–Kier alpha value is -1.33. The molecule has 1 saturated heterocycles. The summed E-state index contributed by atoms with van der Waals surface area (Å²) in [6, 6.07) is 10.5. The molecule has 1 aromatic carbocycles. The third kappa shape index (κ3) is 5.85. The number of para-hydroxylation sites is 1. The van der Waals surface area contributed by atoms with E-state index < -0.39 is 14.6 Å². The lowest BCUT2D eigenvalue weighted by molar-refractivity contribution is 0.0756. The molecule has 2 aromatic rings. The molecule has 1 aromatic heterocycles. The molecule has 2 heterocycles. The highest BCUT2D eigenvalue weighted by Crippen LogP contribution is 2.28. The smallest absolute Gasteiger partial charge is 0.191 e. The SMILES string of the molecule is CN=C(NCCCn1ccc2ccccc21)NCC1(S(C)(=O)=O)CCOCC1.I. The molecule has 9 heteroatoms. The summed E-state index contributed by atoms with van der Waals surface area (Å²) in [4.78, 5) is 4.23. The zero-order chi connectivity index (χ0) is 20.0. The topological polar surface area (TPSA) is 84.7 Å². The largest absolute Gasteiger partial charge is 0.381 e. The van der Waals surface area contributed by atoms with Gasteiger partial charge in [-0.15, -0.1) is 24.0 Å². The van der Waals surface area contributed by atoms with Gasteiger partial charge in [-0.2, -0.15) is 0 Å². The summed E-state index contributed by atoms with van der Waals surface area (Å²) in [6.45, 7) is 2.96. The number of sulfone groups is 1. The summed E-state index contributed by atoms with van der Waals surface area (Å²) < 4.78 is 31.5. The van der Waals surface area contributed by atoms with Crippen LogP contribution in [0.1, 0.15) is 19.3 Å². The number of nitrogens with zero attached hydrogens (tertiary/aromatic N) is 2. The van der Waals surface area contributed by atoms with E-state index in [4.69, 9.17) is 4.74 Å². The molecule has 0 atom stereocenters. The van der Waals surface area contributed by atoms with Crippen LogP contribution >= 0.6 is 24.0 Å². The Balaban J connectivity index is 0.00000300. The standard InChI is InChI=1S/C20H30N4O3S.HI/c1-21-19(23-16-20(28(2,25)26)9-14-27-15-10-20)22-11-5-12-24-13-8-17-6-3-4-7-18(17)24;/h3-4,6-8,13H,5,9-12,14-16H2,1-2H3,(H2,21,22,23);1H. The fraction of sp³-hybridized carbons (Fsp3) is 0.550. The van der Waals surface area contributed by atoms with E-state index in [1.54, 1.807) is 7.05 Å². The molecule has 0 spiro atoms. The molecule has 1 aliphatic rings. The summed E-state index contributed by atoms with van der Waals surface area (Å²) in [7, 11) is -1.50. The van der Waals surface area contributed by atoms with E-state index in [1.165, 1.54) is 17.2 Å². The van der Waals surface area contributed by atoms with Crippen LogP contribution < -0.4 is 10.6 Å². The van der Waals surface area contributed by atoms with Gasteiger partial charge in [0, 0.05) is 57.9 Å². The van der Waals surface area contributed by atoms with Crippen LogP contribution in [0.4, 0.5) is 0 Å². The van der Waals surface area contributed by atoms with E-state index in [1.807, 2.05) is 6.07 Å². The molecular weight excluding hydrogens is 503 g/mol. The Morgan fingerprint density at radius 3 is 2.62 bits per heavy atom. The van der Waals surface area contributed by atoms with Crippen molar-refractivity contribution < 1.29 is 13.2 Å². The molecule has 0 amide bonds. The predicted octanol–water partition coefficient (Wildman–Crippen LogP) is 2.41. The van der Waals surface area contributed by atoms with Crippen LogP contribution in [0.25, 0.3) is 10.9 Å². The average molecular weight is 534 g/mol. The lowest BCUT2D eigenvalue weighted by Crippen LogP contribution is -2.53. The van der Waals surface area contributed by atoms with Crippen molar-refractivity contribution in [3.05, 3.63) is 36.5 Å².